The maximum Gasteiger partial charge on any atom is 0.277 e. The highest BCUT2D eigenvalue weighted by atomic mass is 16.6. The average Bonchev–Trinajstić information content (AvgIpc) is 2.18. The van der Waals surface area contributed by atoms with Crippen LogP contribution >= 0.6 is 0 Å². The molecule has 0 unspecified atom stereocenters. The molecule has 1 aromatic carbocycles. The molecule has 0 spiro atoms. The highest BCUT2D eigenvalue weighted by molar-refractivity contribution is 5.51. The summed E-state index contributed by atoms with van der Waals surface area (Å²) in [7, 11) is 1.45. The van der Waals surface area contributed by atoms with Gasteiger partial charge >= 0.3 is 0 Å². The smallest absolute Gasteiger partial charge is 0.277 e. The van der Waals surface area contributed by atoms with E-state index in [4.69, 9.17) is 10.00 Å². The van der Waals surface area contributed by atoms with E-state index in [0.29, 0.717) is 11.3 Å². The van der Waals surface area contributed by atoms with Crippen LogP contribution in [0.4, 0.5) is 5.69 Å². The van der Waals surface area contributed by atoms with Crippen LogP contribution < -0.4 is 4.74 Å². The number of ether oxygens (including phenoxy) is 1. The van der Waals surface area contributed by atoms with Crippen molar-refractivity contribution in [1.82, 2.24) is 0 Å². The van der Waals surface area contributed by atoms with Gasteiger partial charge in [0.05, 0.1) is 30.6 Å². The van der Waals surface area contributed by atoms with Gasteiger partial charge in [0.2, 0.25) is 0 Å². The number of hydrogen-bond donors (Lipinski definition) is 0. The van der Waals surface area contributed by atoms with Crippen molar-refractivity contribution in [2.75, 3.05) is 7.11 Å². The Kier molecular flexibility index (Phi) is 3.24. The summed E-state index contributed by atoms with van der Waals surface area (Å²) in [6.45, 7) is 1.78. The first-order valence-electron chi connectivity index (χ1n) is 4.29. The molecule has 78 valence electrons. The molecule has 0 aliphatic heterocycles. The van der Waals surface area contributed by atoms with Crippen molar-refractivity contribution in [3.63, 3.8) is 0 Å². The van der Waals surface area contributed by atoms with E-state index in [0.717, 1.165) is 5.56 Å². The molecule has 5 nitrogen and oxygen atoms in total. The van der Waals surface area contributed by atoms with Gasteiger partial charge in [-0.05, 0) is 18.6 Å². The van der Waals surface area contributed by atoms with Crippen LogP contribution in [0, 0.1) is 28.4 Å². The number of nitrogens with zero attached hydrogens (tertiary/aromatic N) is 2. The number of aryl methyl sites for hydroxylation is 1. The second-order valence-corrected chi connectivity index (χ2v) is 3.04. The highest BCUT2D eigenvalue weighted by Crippen LogP contribution is 2.28. The van der Waals surface area contributed by atoms with E-state index in [9.17, 15) is 10.1 Å². The quantitative estimate of drug-likeness (QED) is 0.559. The predicted molar refractivity (Wildman–Crippen MR) is 53.7 cm³/mol. The second kappa shape index (κ2) is 4.42. The number of rotatable bonds is 3. The Morgan fingerprint density at radius 1 is 1.60 bits per heavy atom. The molecule has 15 heavy (non-hydrogen) atoms. The third kappa shape index (κ3) is 2.23. The van der Waals surface area contributed by atoms with Crippen molar-refractivity contribution < 1.29 is 9.66 Å². The van der Waals surface area contributed by atoms with Gasteiger partial charge in [-0.2, -0.15) is 5.26 Å². The first kappa shape index (κ1) is 11.0. The summed E-state index contributed by atoms with van der Waals surface area (Å²) >= 11 is 0. The van der Waals surface area contributed by atoms with Crippen molar-refractivity contribution in [2.24, 2.45) is 0 Å². The SMILES string of the molecule is COc1cc([N+](=O)[O-])c(CC#N)cc1C. The minimum atomic E-state index is -0.505. The molecule has 0 aliphatic carbocycles. The van der Waals surface area contributed by atoms with Crippen LogP contribution in [0.5, 0.6) is 5.75 Å². The largest absolute Gasteiger partial charge is 0.496 e. The normalized spacial score (nSPS) is 9.40. The molecule has 1 aromatic rings. The molecule has 0 saturated carbocycles. The summed E-state index contributed by atoms with van der Waals surface area (Å²) in [6.07, 6.45) is 0.0289. The van der Waals surface area contributed by atoms with Gasteiger partial charge in [-0.3, -0.25) is 10.1 Å². The molecule has 0 radical (unpaired) electrons. The Labute approximate surface area is 87.1 Å². The number of benzene rings is 1. The van der Waals surface area contributed by atoms with Crippen molar-refractivity contribution >= 4 is 5.69 Å². The zero-order chi connectivity index (χ0) is 11.4. The summed E-state index contributed by atoms with van der Waals surface area (Å²) in [5.41, 5.74) is 1.13. The molecule has 0 atom stereocenters. The van der Waals surface area contributed by atoms with Gasteiger partial charge in [0.15, 0.2) is 0 Å². The first-order chi connectivity index (χ1) is 7.10. The third-order valence-corrected chi connectivity index (χ3v) is 2.06. The average molecular weight is 206 g/mol. The summed E-state index contributed by atoms with van der Waals surface area (Å²) in [6, 6.07) is 4.86. The van der Waals surface area contributed by atoms with Crippen molar-refractivity contribution in [3.8, 4) is 11.8 Å². The number of nitriles is 1. The number of methoxy groups -OCH3 is 1. The molecule has 1 rings (SSSR count). The van der Waals surface area contributed by atoms with Crippen LogP contribution in [-0.2, 0) is 6.42 Å². The van der Waals surface area contributed by atoms with E-state index in [-0.39, 0.29) is 12.1 Å². The molecule has 0 saturated heterocycles. The number of nitro groups is 1. The van der Waals surface area contributed by atoms with Crippen molar-refractivity contribution in [3.05, 3.63) is 33.4 Å². The van der Waals surface area contributed by atoms with Crippen molar-refractivity contribution in [2.45, 2.75) is 13.3 Å². The molecular weight excluding hydrogens is 196 g/mol. The van der Waals surface area contributed by atoms with E-state index in [2.05, 4.69) is 0 Å². The summed E-state index contributed by atoms with van der Waals surface area (Å²) in [5.74, 6) is 0.461. The van der Waals surface area contributed by atoms with Gasteiger partial charge in [-0.1, -0.05) is 0 Å². The minimum Gasteiger partial charge on any atom is -0.496 e. The fourth-order valence-electron chi connectivity index (χ4n) is 1.35. The minimum absolute atomic E-state index is 0.0289. The Morgan fingerprint density at radius 2 is 2.27 bits per heavy atom. The summed E-state index contributed by atoms with van der Waals surface area (Å²) < 4.78 is 4.98. The fourth-order valence-corrected chi connectivity index (χ4v) is 1.35. The second-order valence-electron chi connectivity index (χ2n) is 3.04. The third-order valence-electron chi connectivity index (χ3n) is 2.06. The zero-order valence-electron chi connectivity index (χ0n) is 8.48. The van der Waals surface area contributed by atoms with E-state index in [1.807, 2.05) is 6.07 Å². The topological polar surface area (TPSA) is 76.2 Å². The lowest BCUT2D eigenvalue weighted by Gasteiger charge is -2.06. The molecule has 0 bridgehead atoms. The lowest BCUT2D eigenvalue weighted by molar-refractivity contribution is -0.385. The molecular formula is C10H10N2O3. The van der Waals surface area contributed by atoms with E-state index in [1.54, 1.807) is 13.0 Å². The first-order valence-corrected chi connectivity index (χ1v) is 4.29. The Bertz CT molecular complexity index is 435. The zero-order valence-corrected chi connectivity index (χ0v) is 8.48. The molecule has 5 heteroatoms. The lowest BCUT2D eigenvalue weighted by atomic mass is 10.1. The van der Waals surface area contributed by atoms with Crippen LogP contribution in [0.15, 0.2) is 12.1 Å². The van der Waals surface area contributed by atoms with Crippen LogP contribution in [0.1, 0.15) is 11.1 Å². The fraction of sp³-hybridized carbons (Fsp3) is 0.300. The van der Waals surface area contributed by atoms with Crippen LogP contribution in [0.2, 0.25) is 0 Å². The van der Waals surface area contributed by atoms with E-state index >= 15 is 0 Å². The lowest BCUT2D eigenvalue weighted by Crippen LogP contribution is -1.98. The van der Waals surface area contributed by atoms with Gasteiger partial charge in [-0.15, -0.1) is 0 Å². The van der Waals surface area contributed by atoms with Crippen molar-refractivity contribution in [1.29, 1.82) is 5.26 Å². The van der Waals surface area contributed by atoms with Gasteiger partial charge in [-0.25, -0.2) is 0 Å². The molecule has 0 heterocycles. The molecule has 0 amide bonds. The Morgan fingerprint density at radius 3 is 2.73 bits per heavy atom. The summed E-state index contributed by atoms with van der Waals surface area (Å²) in [5, 5.41) is 19.3. The van der Waals surface area contributed by atoms with E-state index in [1.165, 1.54) is 13.2 Å². The van der Waals surface area contributed by atoms with Gasteiger partial charge in [0.25, 0.3) is 5.69 Å². The number of hydrogen-bond acceptors (Lipinski definition) is 4. The molecule has 0 fully saturated rings. The van der Waals surface area contributed by atoms with E-state index < -0.39 is 4.92 Å². The molecule has 0 aliphatic rings. The van der Waals surface area contributed by atoms with Crippen LogP contribution in [-0.4, -0.2) is 12.0 Å². The van der Waals surface area contributed by atoms with Gasteiger partial charge in [0, 0.05) is 5.56 Å². The molecule has 0 aromatic heterocycles. The maximum atomic E-state index is 10.7. The predicted octanol–water partition coefficient (Wildman–Crippen LogP) is 1.98. The highest BCUT2D eigenvalue weighted by Gasteiger charge is 2.16. The Hall–Kier alpha value is -2.09. The van der Waals surface area contributed by atoms with Crippen LogP contribution in [0.3, 0.4) is 0 Å². The van der Waals surface area contributed by atoms with Gasteiger partial charge < -0.3 is 4.74 Å². The summed E-state index contributed by atoms with van der Waals surface area (Å²) in [4.78, 5) is 10.2. The van der Waals surface area contributed by atoms with Gasteiger partial charge in [0.1, 0.15) is 5.75 Å². The maximum absolute atomic E-state index is 10.7. The number of nitro benzene ring substituents is 1. The standard InChI is InChI=1S/C10H10N2O3/c1-7-5-8(3-4-11)9(12(13)14)6-10(7)15-2/h5-6H,3H2,1-2H3. The monoisotopic (exact) mass is 206 g/mol. The Balaban J connectivity index is 3.33. The molecule has 0 N–H and O–H groups in total. The van der Waals surface area contributed by atoms with Crippen LogP contribution in [0.25, 0.3) is 0 Å².